The van der Waals surface area contributed by atoms with Gasteiger partial charge in [-0.2, -0.15) is 0 Å². The second-order valence-electron chi connectivity index (χ2n) is 4.50. The summed E-state index contributed by atoms with van der Waals surface area (Å²) in [6.45, 7) is 0.0475. The van der Waals surface area contributed by atoms with Gasteiger partial charge >= 0.3 is 0 Å². The SMILES string of the molecule is NCC(O)C(c1ccc(F)cc1)c1ccc(F)cc1Br. The Kier molecular flexibility index (Phi) is 4.86. The van der Waals surface area contributed by atoms with Crippen LogP contribution in [0.1, 0.15) is 17.0 Å². The van der Waals surface area contributed by atoms with E-state index in [1.54, 1.807) is 18.2 Å². The molecule has 0 aliphatic rings. The zero-order valence-corrected chi connectivity index (χ0v) is 12.1. The monoisotopic (exact) mass is 341 g/mol. The highest BCUT2D eigenvalue weighted by atomic mass is 79.9. The van der Waals surface area contributed by atoms with Gasteiger partial charge in [0.1, 0.15) is 11.6 Å². The number of nitrogens with two attached hydrogens (primary N) is 1. The largest absolute Gasteiger partial charge is 0.391 e. The standard InChI is InChI=1S/C15H14BrF2NO/c16-13-7-11(18)5-6-12(13)15(14(20)8-19)9-1-3-10(17)4-2-9/h1-7,14-15,20H,8,19H2. The Balaban J connectivity index is 2.49. The zero-order chi connectivity index (χ0) is 14.7. The summed E-state index contributed by atoms with van der Waals surface area (Å²) in [5, 5.41) is 10.2. The van der Waals surface area contributed by atoms with Gasteiger partial charge in [-0.1, -0.05) is 34.1 Å². The van der Waals surface area contributed by atoms with Gasteiger partial charge in [-0.25, -0.2) is 8.78 Å². The van der Waals surface area contributed by atoms with E-state index < -0.39 is 12.0 Å². The van der Waals surface area contributed by atoms with Crippen LogP contribution in [0.25, 0.3) is 0 Å². The first kappa shape index (κ1) is 15.1. The maximum atomic E-state index is 13.2. The lowest BCUT2D eigenvalue weighted by molar-refractivity contribution is 0.164. The van der Waals surface area contributed by atoms with Crippen LogP contribution in [-0.4, -0.2) is 17.8 Å². The lowest BCUT2D eigenvalue weighted by Gasteiger charge is -2.24. The highest BCUT2D eigenvalue weighted by Crippen LogP contribution is 2.33. The summed E-state index contributed by atoms with van der Waals surface area (Å²) < 4.78 is 26.7. The van der Waals surface area contributed by atoms with Crippen LogP contribution in [0.15, 0.2) is 46.9 Å². The molecule has 2 nitrogen and oxygen atoms in total. The number of hydrogen-bond acceptors (Lipinski definition) is 2. The molecule has 20 heavy (non-hydrogen) atoms. The van der Waals surface area contributed by atoms with Crippen molar-refractivity contribution in [3.05, 3.63) is 69.7 Å². The Morgan fingerprint density at radius 2 is 1.65 bits per heavy atom. The molecular formula is C15H14BrF2NO. The van der Waals surface area contributed by atoms with Gasteiger partial charge in [0, 0.05) is 16.9 Å². The van der Waals surface area contributed by atoms with Gasteiger partial charge in [0.25, 0.3) is 0 Å². The van der Waals surface area contributed by atoms with Crippen LogP contribution < -0.4 is 5.73 Å². The Morgan fingerprint density at radius 3 is 2.20 bits per heavy atom. The molecule has 0 heterocycles. The second-order valence-corrected chi connectivity index (χ2v) is 5.35. The smallest absolute Gasteiger partial charge is 0.124 e. The first-order valence-electron chi connectivity index (χ1n) is 6.11. The molecule has 0 aromatic heterocycles. The molecule has 0 saturated carbocycles. The summed E-state index contributed by atoms with van der Waals surface area (Å²) in [7, 11) is 0. The minimum absolute atomic E-state index is 0.0475. The Hall–Kier alpha value is -1.30. The molecule has 2 atom stereocenters. The fourth-order valence-corrected chi connectivity index (χ4v) is 2.77. The van der Waals surface area contributed by atoms with E-state index in [2.05, 4.69) is 15.9 Å². The van der Waals surface area contributed by atoms with Crippen molar-refractivity contribution in [3.63, 3.8) is 0 Å². The third kappa shape index (κ3) is 3.23. The number of hydrogen-bond donors (Lipinski definition) is 2. The van der Waals surface area contributed by atoms with Crippen LogP contribution in [0.2, 0.25) is 0 Å². The maximum Gasteiger partial charge on any atom is 0.124 e. The average molecular weight is 342 g/mol. The van der Waals surface area contributed by atoms with Crippen LogP contribution in [-0.2, 0) is 0 Å². The molecular weight excluding hydrogens is 328 g/mol. The molecule has 2 unspecified atom stereocenters. The number of aliphatic hydroxyl groups excluding tert-OH is 1. The minimum Gasteiger partial charge on any atom is -0.391 e. The molecule has 0 amide bonds. The quantitative estimate of drug-likeness (QED) is 0.897. The van der Waals surface area contributed by atoms with Crippen LogP contribution in [0.4, 0.5) is 8.78 Å². The third-order valence-electron chi connectivity index (χ3n) is 3.15. The van der Waals surface area contributed by atoms with Gasteiger partial charge in [0.15, 0.2) is 0 Å². The van der Waals surface area contributed by atoms with Gasteiger partial charge in [-0.05, 0) is 35.4 Å². The fourth-order valence-electron chi connectivity index (χ4n) is 2.17. The number of halogens is 3. The molecule has 0 spiro atoms. The lowest BCUT2D eigenvalue weighted by atomic mass is 9.86. The van der Waals surface area contributed by atoms with E-state index in [-0.39, 0.29) is 18.2 Å². The molecule has 0 aliphatic heterocycles. The number of rotatable bonds is 4. The van der Waals surface area contributed by atoms with E-state index in [1.165, 1.54) is 24.3 Å². The molecule has 0 bridgehead atoms. The van der Waals surface area contributed by atoms with Crippen molar-refractivity contribution in [3.8, 4) is 0 Å². The van der Waals surface area contributed by atoms with Crippen LogP contribution >= 0.6 is 15.9 Å². The molecule has 0 aliphatic carbocycles. The molecule has 3 N–H and O–H groups in total. The summed E-state index contributed by atoms with van der Waals surface area (Å²) >= 11 is 3.29. The van der Waals surface area contributed by atoms with Crippen molar-refractivity contribution in [2.75, 3.05) is 6.54 Å². The summed E-state index contributed by atoms with van der Waals surface area (Å²) in [6, 6.07) is 10.1. The van der Waals surface area contributed by atoms with Gasteiger partial charge < -0.3 is 10.8 Å². The van der Waals surface area contributed by atoms with Crippen molar-refractivity contribution >= 4 is 15.9 Å². The fraction of sp³-hybridized carbons (Fsp3) is 0.200. The zero-order valence-electron chi connectivity index (χ0n) is 10.6. The Bertz CT molecular complexity index is 589. The van der Waals surface area contributed by atoms with Crippen molar-refractivity contribution in [1.82, 2.24) is 0 Å². The molecule has 0 fully saturated rings. The highest BCUT2D eigenvalue weighted by molar-refractivity contribution is 9.10. The normalized spacial score (nSPS) is 14.1. The summed E-state index contributed by atoms with van der Waals surface area (Å²) in [4.78, 5) is 0. The topological polar surface area (TPSA) is 46.2 Å². The molecule has 106 valence electrons. The van der Waals surface area contributed by atoms with Crippen LogP contribution in [0.3, 0.4) is 0 Å². The predicted octanol–water partition coefficient (Wildman–Crippen LogP) is 3.18. The van der Waals surface area contributed by atoms with Crippen molar-refractivity contribution < 1.29 is 13.9 Å². The summed E-state index contributed by atoms with van der Waals surface area (Å²) in [5.41, 5.74) is 6.97. The van der Waals surface area contributed by atoms with Gasteiger partial charge in [-0.15, -0.1) is 0 Å². The van der Waals surface area contributed by atoms with E-state index in [0.29, 0.717) is 10.0 Å². The van der Waals surface area contributed by atoms with Crippen LogP contribution in [0, 0.1) is 11.6 Å². The molecule has 0 radical (unpaired) electrons. The molecule has 0 saturated heterocycles. The molecule has 2 rings (SSSR count). The summed E-state index contributed by atoms with van der Waals surface area (Å²) in [5.74, 6) is -1.18. The first-order valence-corrected chi connectivity index (χ1v) is 6.90. The van der Waals surface area contributed by atoms with Gasteiger partial charge in [-0.3, -0.25) is 0 Å². The van der Waals surface area contributed by atoms with E-state index in [1.807, 2.05) is 0 Å². The highest BCUT2D eigenvalue weighted by Gasteiger charge is 2.24. The van der Waals surface area contributed by atoms with E-state index in [4.69, 9.17) is 5.73 Å². The molecule has 2 aromatic carbocycles. The Morgan fingerprint density at radius 1 is 1.05 bits per heavy atom. The van der Waals surface area contributed by atoms with Crippen molar-refractivity contribution in [2.45, 2.75) is 12.0 Å². The maximum absolute atomic E-state index is 13.2. The van der Waals surface area contributed by atoms with Crippen molar-refractivity contribution in [1.29, 1.82) is 0 Å². The number of benzene rings is 2. The second kappa shape index (κ2) is 6.43. The van der Waals surface area contributed by atoms with E-state index in [9.17, 15) is 13.9 Å². The number of aliphatic hydroxyl groups is 1. The third-order valence-corrected chi connectivity index (χ3v) is 3.84. The van der Waals surface area contributed by atoms with Gasteiger partial charge in [0.2, 0.25) is 0 Å². The van der Waals surface area contributed by atoms with E-state index >= 15 is 0 Å². The van der Waals surface area contributed by atoms with E-state index in [0.717, 1.165) is 5.56 Å². The molecule has 2 aromatic rings. The van der Waals surface area contributed by atoms with Crippen LogP contribution in [0.5, 0.6) is 0 Å². The lowest BCUT2D eigenvalue weighted by Crippen LogP contribution is -2.28. The molecule has 5 heteroatoms. The van der Waals surface area contributed by atoms with Gasteiger partial charge in [0.05, 0.1) is 6.10 Å². The predicted molar refractivity (Wildman–Crippen MR) is 77.4 cm³/mol. The Labute approximate surface area is 124 Å². The first-order chi connectivity index (χ1) is 9.52. The minimum atomic E-state index is -0.845. The average Bonchev–Trinajstić information content (AvgIpc) is 2.43. The summed E-state index contributed by atoms with van der Waals surface area (Å²) in [6.07, 6.45) is -0.845. The van der Waals surface area contributed by atoms with Crippen molar-refractivity contribution in [2.24, 2.45) is 5.73 Å².